The number of sulfonamides is 1. The van der Waals surface area contributed by atoms with Crippen LogP contribution >= 0.6 is 22.9 Å². The van der Waals surface area contributed by atoms with Gasteiger partial charge >= 0.3 is 0 Å². The van der Waals surface area contributed by atoms with E-state index < -0.39 is 10.0 Å². The summed E-state index contributed by atoms with van der Waals surface area (Å²) in [6.45, 7) is 3.76. The number of thiophene rings is 1. The Kier molecular flexibility index (Phi) is 4.27. The first-order valence-corrected chi connectivity index (χ1v) is 8.68. The number of benzene rings is 1. The Bertz CT molecular complexity index is 719. The van der Waals surface area contributed by atoms with Gasteiger partial charge in [-0.15, -0.1) is 11.3 Å². The fraction of sp³-hybridized carbons (Fsp3) is 0.231. The van der Waals surface area contributed by atoms with Crippen molar-refractivity contribution in [1.82, 2.24) is 0 Å². The maximum absolute atomic E-state index is 12.2. The number of aryl methyl sites for hydroxylation is 2. The highest BCUT2D eigenvalue weighted by Gasteiger charge is 2.18. The minimum atomic E-state index is -3.62. The molecule has 20 heavy (non-hydrogen) atoms. The van der Waals surface area contributed by atoms with E-state index in [1.807, 2.05) is 13.0 Å². The summed E-state index contributed by atoms with van der Waals surface area (Å²) < 4.78 is 27.6. The molecule has 0 atom stereocenters. The number of anilines is 2. The number of nitrogen functional groups attached to an aromatic ring is 1. The number of nitrogens with two attached hydrogens (primary N) is 1. The lowest BCUT2D eigenvalue weighted by Gasteiger charge is -2.09. The van der Waals surface area contributed by atoms with Gasteiger partial charge in [-0.2, -0.15) is 0 Å². The first-order chi connectivity index (χ1) is 9.33. The molecule has 7 heteroatoms. The molecule has 0 aliphatic rings. The van der Waals surface area contributed by atoms with E-state index in [1.165, 1.54) is 0 Å². The fourth-order valence-electron chi connectivity index (χ4n) is 1.75. The van der Waals surface area contributed by atoms with Gasteiger partial charge < -0.3 is 5.73 Å². The zero-order chi connectivity index (χ0) is 14.9. The molecule has 2 aromatic rings. The predicted octanol–water partition coefficient (Wildman–Crippen LogP) is 3.66. The molecule has 0 fully saturated rings. The van der Waals surface area contributed by atoms with Gasteiger partial charge in [0.2, 0.25) is 0 Å². The number of nitrogens with one attached hydrogen (secondary N) is 1. The third-order valence-corrected chi connectivity index (χ3v) is 6.29. The van der Waals surface area contributed by atoms with Gasteiger partial charge in [0.25, 0.3) is 10.0 Å². The Balaban J connectivity index is 2.31. The second kappa shape index (κ2) is 5.63. The van der Waals surface area contributed by atoms with Crippen molar-refractivity contribution in [3.8, 4) is 0 Å². The lowest BCUT2D eigenvalue weighted by atomic mass is 10.1. The molecule has 1 aromatic carbocycles. The average Bonchev–Trinajstić information content (AvgIpc) is 2.70. The van der Waals surface area contributed by atoms with E-state index in [1.54, 1.807) is 25.1 Å². The molecule has 4 nitrogen and oxygen atoms in total. The molecule has 0 bridgehead atoms. The maximum Gasteiger partial charge on any atom is 0.271 e. The smallest absolute Gasteiger partial charge is 0.271 e. The summed E-state index contributed by atoms with van der Waals surface area (Å²) in [4.78, 5) is 0. The lowest BCUT2D eigenvalue weighted by Crippen LogP contribution is -2.11. The van der Waals surface area contributed by atoms with Gasteiger partial charge in [-0.25, -0.2) is 8.42 Å². The van der Waals surface area contributed by atoms with Crippen LogP contribution in [-0.4, -0.2) is 8.42 Å². The van der Waals surface area contributed by atoms with Gasteiger partial charge in [0.05, 0.1) is 10.0 Å². The molecule has 0 amide bonds. The van der Waals surface area contributed by atoms with Gasteiger partial charge in [0.15, 0.2) is 0 Å². The van der Waals surface area contributed by atoms with Crippen LogP contribution in [0.4, 0.5) is 11.4 Å². The van der Waals surface area contributed by atoms with E-state index >= 15 is 0 Å². The summed E-state index contributed by atoms with van der Waals surface area (Å²) in [6, 6.07) is 6.70. The maximum atomic E-state index is 12.2. The van der Waals surface area contributed by atoms with E-state index in [4.69, 9.17) is 17.3 Å². The summed E-state index contributed by atoms with van der Waals surface area (Å²) in [5.74, 6) is 0. The van der Waals surface area contributed by atoms with Crippen molar-refractivity contribution in [3.05, 3.63) is 39.7 Å². The zero-order valence-electron chi connectivity index (χ0n) is 11.1. The molecule has 0 spiro atoms. The van der Waals surface area contributed by atoms with Crippen molar-refractivity contribution in [2.24, 2.45) is 0 Å². The van der Waals surface area contributed by atoms with Crippen molar-refractivity contribution >= 4 is 44.3 Å². The third-order valence-electron chi connectivity index (χ3n) is 2.88. The van der Waals surface area contributed by atoms with Crippen molar-refractivity contribution < 1.29 is 8.42 Å². The van der Waals surface area contributed by atoms with E-state index in [0.29, 0.717) is 15.7 Å². The highest BCUT2D eigenvalue weighted by atomic mass is 35.5. The van der Waals surface area contributed by atoms with Crippen molar-refractivity contribution in [3.63, 3.8) is 0 Å². The third kappa shape index (κ3) is 3.08. The molecule has 0 aliphatic heterocycles. The first-order valence-electron chi connectivity index (χ1n) is 6.00. The fourth-order valence-corrected chi connectivity index (χ4v) is 4.51. The van der Waals surface area contributed by atoms with Gasteiger partial charge in [-0.3, -0.25) is 4.72 Å². The molecule has 0 unspecified atom stereocenters. The van der Waals surface area contributed by atoms with Crippen LogP contribution in [0.1, 0.15) is 18.1 Å². The highest BCUT2D eigenvalue weighted by Crippen LogP contribution is 2.31. The van der Waals surface area contributed by atoms with Crippen LogP contribution in [0.15, 0.2) is 28.5 Å². The van der Waals surface area contributed by atoms with Gasteiger partial charge in [-0.1, -0.05) is 24.6 Å². The Morgan fingerprint density at radius 3 is 2.55 bits per heavy atom. The molecule has 0 radical (unpaired) electrons. The average molecular weight is 331 g/mol. The highest BCUT2D eigenvalue weighted by molar-refractivity contribution is 7.94. The Labute approximate surface area is 127 Å². The van der Waals surface area contributed by atoms with Gasteiger partial charge in [0, 0.05) is 5.69 Å². The summed E-state index contributed by atoms with van der Waals surface area (Å²) in [5.41, 5.74) is 8.62. The lowest BCUT2D eigenvalue weighted by molar-refractivity contribution is 0.603. The van der Waals surface area contributed by atoms with Gasteiger partial charge in [0.1, 0.15) is 4.21 Å². The van der Waals surface area contributed by atoms with Crippen LogP contribution in [0.3, 0.4) is 0 Å². The van der Waals surface area contributed by atoms with Crippen LogP contribution in [0.2, 0.25) is 4.34 Å². The van der Waals surface area contributed by atoms with E-state index in [9.17, 15) is 8.42 Å². The minimum Gasteiger partial charge on any atom is -0.398 e. The first kappa shape index (κ1) is 15.2. The SMILES string of the molecule is CCc1ccc(NS(=O)(=O)c2cc(C)c(Cl)s2)cc1N. The monoisotopic (exact) mass is 330 g/mol. The molecule has 0 saturated heterocycles. The van der Waals surface area contributed by atoms with Crippen LogP contribution in [0.5, 0.6) is 0 Å². The van der Waals surface area contributed by atoms with Crippen molar-refractivity contribution in [2.75, 3.05) is 10.5 Å². The molecular formula is C13H15ClN2O2S2. The largest absolute Gasteiger partial charge is 0.398 e. The molecule has 0 saturated carbocycles. The van der Waals surface area contributed by atoms with Crippen LogP contribution < -0.4 is 10.5 Å². The molecular weight excluding hydrogens is 316 g/mol. The Morgan fingerprint density at radius 2 is 2.05 bits per heavy atom. The summed E-state index contributed by atoms with van der Waals surface area (Å²) in [7, 11) is -3.62. The number of halogens is 1. The number of hydrogen-bond acceptors (Lipinski definition) is 4. The van der Waals surface area contributed by atoms with Crippen LogP contribution in [0, 0.1) is 6.92 Å². The molecule has 3 N–H and O–H groups in total. The minimum absolute atomic E-state index is 0.193. The predicted molar refractivity (Wildman–Crippen MR) is 85.1 cm³/mol. The number of hydrogen-bond donors (Lipinski definition) is 2. The molecule has 1 aromatic heterocycles. The molecule has 1 heterocycles. The van der Waals surface area contributed by atoms with Crippen LogP contribution in [-0.2, 0) is 16.4 Å². The second-order valence-electron chi connectivity index (χ2n) is 4.39. The summed E-state index contributed by atoms with van der Waals surface area (Å²) in [5, 5.41) is 0. The standard InChI is InChI=1S/C13H15ClN2O2S2/c1-3-9-4-5-10(7-11(9)15)16-20(17,18)12-6-8(2)13(14)19-12/h4-7,16H,3,15H2,1-2H3. The molecule has 108 valence electrons. The summed E-state index contributed by atoms with van der Waals surface area (Å²) >= 11 is 6.95. The summed E-state index contributed by atoms with van der Waals surface area (Å²) in [6.07, 6.45) is 0.804. The van der Waals surface area contributed by atoms with Crippen LogP contribution in [0.25, 0.3) is 0 Å². The normalized spacial score (nSPS) is 11.6. The van der Waals surface area contributed by atoms with E-state index in [-0.39, 0.29) is 4.21 Å². The molecule has 2 rings (SSSR count). The topological polar surface area (TPSA) is 72.2 Å². The van der Waals surface area contributed by atoms with Gasteiger partial charge in [-0.05, 0) is 42.7 Å². The van der Waals surface area contributed by atoms with E-state index in [2.05, 4.69) is 4.72 Å². The van der Waals surface area contributed by atoms with Crippen molar-refractivity contribution in [2.45, 2.75) is 24.5 Å². The molecule has 0 aliphatic carbocycles. The Morgan fingerprint density at radius 1 is 1.35 bits per heavy atom. The zero-order valence-corrected chi connectivity index (χ0v) is 13.5. The quantitative estimate of drug-likeness (QED) is 0.840. The number of rotatable bonds is 4. The second-order valence-corrected chi connectivity index (χ2v) is 7.96. The Hall–Kier alpha value is -1.24. The van der Waals surface area contributed by atoms with E-state index in [0.717, 1.165) is 28.9 Å². The van der Waals surface area contributed by atoms with Crippen molar-refractivity contribution in [1.29, 1.82) is 0 Å².